The monoisotopic (exact) mass is 537 g/mol. The molecule has 0 aliphatic carbocycles. The number of amides is 1. The smallest absolute Gasteiger partial charge is 0.246 e. The molecular formula is C27H35N7O3S. The Morgan fingerprint density at radius 2 is 1.92 bits per heavy atom. The number of aromatic nitrogens is 3. The Balaban J connectivity index is 1.19. The van der Waals surface area contributed by atoms with Gasteiger partial charge in [0, 0.05) is 66.1 Å². The van der Waals surface area contributed by atoms with Gasteiger partial charge in [-0.25, -0.2) is 9.97 Å². The number of rotatable bonds is 4. The molecule has 6 heterocycles. The molecule has 0 aromatic carbocycles. The number of nitrogens with one attached hydrogen (secondary N) is 1. The number of hydrogen-bond donors (Lipinski definition) is 1. The molecule has 10 nitrogen and oxygen atoms in total. The molecule has 38 heavy (non-hydrogen) atoms. The summed E-state index contributed by atoms with van der Waals surface area (Å²) in [6.45, 7) is 12.6. The van der Waals surface area contributed by atoms with Gasteiger partial charge in [-0.1, -0.05) is 6.58 Å². The van der Waals surface area contributed by atoms with Gasteiger partial charge in [0.1, 0.15) is 24.1 Å². The standard InChI is InChI=1S/C27H35N7O3S/c1-4-23(35)34-14-20(15-34)32-7-5-19(6-8-32)21-13-22-25(17(2)30-21)37-18(3)24-26(31-22)28-16-29-27(24)33-9-11-38(36)12-10-33/h4,13,16,18-20H,1,5-12,14-15H2,2-3H3,(H,28,29,31). The van der Waals surface area contributed by atoms with E-state index in [-0.39, 0.29) is 12.0 Å². The maximum atomic E-state index is 11.9. The summed E-state index contributed by atoms with van der Waals surface area (Å²) in [6, 6.07) is 2.58. The summed E-state index contributed by atoms with van der Waals surface area (Å²) < 4.78 is 18.4. The SMILES string of the molecule is C=CC(=O)N1CC(N2CCC(c3cc4c(c(C)n3)OC(C)c3c(ncnc3N3CCS(=O)CC3)N4)CC2)C1. The lowest BCUT2D eigenvalue weighted by atomic mass is 9.90. The molecule has 0 saturated carbocycles. The van der Waals surface area contributed by atoms with Gasteiger partial charge in [-0.2, -0.15) is 0 Å². The Morgan fingerprint density at radius 1 is 1.18 bits per heavy atom. The summed E-state index contributed by atoms with van der Waals surface area (Å²) in [5.74, 6) is 4.06. The second kappa shape index (κ2) is 10.3. The molecule has 4 aliphatic rings. The van der Waals surface area contributed by atoms with Crippen LogP contribution in [0.25, 0.3) is 0 Å². The van der Waals surface area contributed by atoms with E-state index < -0.39 is 10.8 Å². The molecule has 0 bridgehead atoms. The molecule has 3 fully saturated rings. The second-order valence-electron chi connectivity index (χ2n) is 10.6. The molecule has 1 N–H and O–H groups in total. The Bertz CT molecular complexity index is 1260. The highest BCUT2D eigenvalue weighted by molar-refractivity contribution is 7.85. The number of anilines is 3. The molecule has 1 atom stereocenters. The normalized spacial score (nSPS) is 22.9. The average molecular weight is 538 g/mol. The maximum absolute atomic E-state index is 11.9. The molecule has 3 saturated heterocycles. The van der Waals surface area contributed by atoms with E-state index >= 15 is 0 Å². The van der Waals surface area contributed by atoms with E-state index in [9.17, 15) is 9.00 Å². The third-order valence-electron chi connectivity index (χ3n) is 8.27. The summed E-state index contributed by atoms with van der Waals surface area (Å²) in [4.78, 5) is 32.5. The van der Waals surface area contributed by atoms with Crippen LogP contribution in [0.2, 0.25) is 0 Å². The second-order valence-corrected chi connectivity index (χ2v) is 12.3. The van der Waals surface area contributed by atoms with Crippen LogP contribution in [0.3, 0.4) is 0 Å². The zero-order valence-electron chi connectivity index (χ0n) is 22.1. The van der Waals surface area contributed by atoms with E-state index in [1.807, 2.05) is 18.7 Å². The molecule has 11 heteroatoms. The van der Waals surface area contributed by atoms with Gasteiger partial charge in [0.15, 0.2) is 5.75 Å². The molecule has 1 amide bonds. The van der Waals surface area contributed by atoms with Crippen LogP contribution >= 0.6 is 0 Å². The quantitative estimate of drug-likeness (QED) is 0.589. The number of fused-ring (bicyclic) bond motifs is 2. The van der Waals surface area contributed by atoms with Crippen LogP contribution in [0.15, 0.2) is 25.0 Å². The summed E-state index contributed by atoms with van der Waals surface area (Å²) in [5, 5.41) is 3.55. The van der Waals surface area contributed by atoms with Crippen molar-refractivity contribution in [1.29, 1.82) is 0 Å². The minimum atomic E-state index is -0.758. The zero-order chi connectivity index (χ0) is 26.4. The molecular weight excluding hydrogens is 502 g/mol. The lowest BCUT2D eigenvalue weighted by molar-refractivity contribution is -0.133. The van der Waals surface area contributed by atoms with Crippen LogP contribution in [0, 0.1) is 6.92 Å². The van der Waals surface area contributed by atoms with Crippen LogP contribution in [-0.4, -0.2) is 91.7 Å². The highest BCUT2D eigenvalue weighted by atomic mass is 32.2. The lowest BCUT2D eigenvalue weighted by Gasteiger charge is -2.47. The van der Waals surface area contributed by atoms with Crippen molar-refractivity contribution in [2.75, 3.05) is 61.0 Å². The molecule has 0 radical (unpaired) electrons. The van der Waals surface area contributed by atoms with Crippen LogP contribution in [-0.2, 0) is 15.6 Å². The maximum Gasteiger partial charge on any atom is 0.246 e. The van der Waals surface area contributed by atoms with Crippen molar-refractivity contribution in [3.8, 4) is 5.75 Å². The fourth-order valence-electron chi connectivity index (χ4n) is 6.02. The highest BCUT2D eigenvalue weighted by Crippen LogP contribution is 2.44. The number of ether oxygens (including phenoxy) is 1. The van der Waals surface area contributed by atoms with Gasteiger partial charge in [-0.3, -0.25) is 18.9 Å². The number of aryl methyl sites for hydroxylation is 1. The predicted molar refractivity (Wildman–Crippen MR) is 148 cm³/mol. The summed E-state index contributed by atoms with van der Waals surface area (Å²) in [6.07, 6.45) is 4.81. The Labute approximate surface area is 225 Å². The number of pyridine rings is 1. The van der Waals surface area contributed by atoms with Gasteiger partial charge in [-0.05, 0) is 51.9 Å². The topological polar surface area (TPSA) is 104 Å². The molecule has 1 unspecified atom stereocenters. The van der Waals surface area contributed by atoms with E-state index in [4.69, 9.17) is 9.72 Å². The summed E-state index contributed by atoms with van der Waals surface area (Å²) in [7, 11) is -0.758. The van der Waals surface area contributed by atoms with Crippen molar-refractivity contribution in [2.45, 2.75) is 44.8 Å². The third kappa shape index (κ3) is 4.66. The molecule has 0 spiro atoms. The van der Waals surface area contributed by atoms with E-state index in [1.54, 1.807) is 6.33 Å². The molecule has 202 valence electrons. The fourth-order valence-corrected chi connectivity index (χ4v) is 7.07. The van der Waals surface area contributed by atoms with Crippen molar-refractivity contribution >= 4 is 34.0 Å². The van der Waals surface area contributed by atoms with Gasteiger partial charge >= 0.3 is 0 Å². The van der Waals surface area contributed by atoms with Crippen molar-refractivity contribution in [1.82, 2.24) is 24.8 Å². The van der Waals surface area contributed by atoms with Crippen LogP contribution in [0.5, 0.6) is 5.75 Å². The van der Waals surface area contributed by atoms with E-state index in [2.05, 4.69) is 37.7 Å². The van der Waals surface area contributed by atoms with Crippen molar-refractivity contribution in [3.63, 3.8) is 0 Å². The van der Waals surface area contributed by atoms with Gasteiger partial charge in [0.2, 0.25) is 5.91 Å². The van der Waals surface area contributed by atoms with Crippen molar-refractivity contribution < 1.29 is 13.7 Å². The number of piperidine rings is 1. The lowest BCUT2D eigenvalue weighted by Crippen LogP contribution is -2.61. The van der Waals surface area contributed by atoms with E-state index in [1.165, 1.54) is 6.08 Å². The molecule has 2 aromatic heterocycles. The number of carbonyl (C=O) groups is 1. The van der Waals surface area contributed by atoms with Gasteiger partial charge in [0.05, 0.1) is 16.9 Å². The Kier molecular flexibility index (Phi) is 6.81. The molecule has 4 aliphatic heterocycles. The average Bonchev–Trinajstić information content (AvgIpc) is 3.04. The summed E-state index contributed by atoms with van der Waals surface area (Å²) >= 11 is 0. The number of likely N-dealkylation sites (tertiary alicyclic amines) is 2. The Morgan fingerprint density at radius 3 is 2.63 bits per heavy atom. The van der Waals surface area contributed by atoms with Gasteiger partial charge in [-0.15, -0.1) is 0 Å². The molecule has 6 rings (SSSR count). The van der Waals surface area contributed by atoms with Crippen molar-refractivity contribution in [2.24, 2.45) is 0 Å². The van der Waals surface area contributed by atoms with Crippen LogP contribution in [0.1, 0.15) is 48.7 Å². The minimum absolute atomic E-state index is 0.0242. The zero-order valence-corrected chi connectivity index (χ0v) is 22.9. The molecule has 2 aromatic rings. The minimum Gasteiger partial charge on any atom is -0.482 e. The number of hydrogen-bond acceptors (Lipinski definition) is 9. The Hall–Kier alpha value is -3.05. The van der Waals surface area contributed by atoms with Crippen LogP contribution < -0.4 is 15.0 Å². The van der Waals surface area contributed by atoms with Crippen LogP contribution in [0.4, 0.5) is 17.3 Å². The van der Waals surface area contributed by atoms with Gasteiger partial charge < -0.3 is 19.9 Å². The first-order chi connectivity index (χ1) is 18.4. The number of carbonyl (C=O) groups excluding carboxylic acids is 1. The number of nitrogens with zero attached hydrogens (tertiary/aromatic N) is 6. The van der Waals surface area contributed by atoms with E-state index in [0.717, 1.165) is 79.0 Å². The largest absolute Gasteiger partial charge is 0.482 e. The van der Waals surface area contributed by atoms with E-state index in [0.29, 0.717) is 36.6 Å². The van der Waals surface area contributed by atoms with Crippen molar-refractivity contribution in [3.05, 3.63) is 42.0 Å². The first-order valence-electron chi connectivity index (χ1n) is 13.5. The van der Waals surface area contributed by atoms with Gasteiger partial charge in [0.25, 0.3) is 0 Å². The first-order valence-corrected chi connectivity index (χ1v) is 15.0. The third-order valence-corrected chi connectivity index (χ3v) is 9.55. The highest BCUT2D eigenvalue weighted by Gasteiger charge is 2.36. The predicted octanol–water partition coefficient (Wildman–Crippen LogP) is 2.52. The fraction of sp³-hybridized carbons (Fsp3) is 0.556. The summed E-state index contributed by atoms with van der Waals surface area (Å²) in [5.41, 5.74) is 3.77. The first kappa shape index (κ1) is 25.2.